The van der Waals surface area contributed by atoms with Gasteiger partial charge in [0.25, 0.3) is 0 Å². The van der Waals surface area contributed by atoms with E-state index < -0.39 is 0 Å². The zero-order valence-corrected chi connectivity index (χ0v) is 18.1. The molecule has 152 valence electrons. The number of thiophene rings is 1. The molecule has 2 aliphatic rings. The van der Waals surface area contributed by atoms with Crippen molar-refractivity contribution >= 4 is 33.3 Å². The highest BCUT2D eigenvalue weighted by Gasteiger charge is 2.27. The van der Waals surface area contributed by atoms with Crippen LogP contribution in [0, 0.1) is 12.8 Å². The Morgan fingerprint density at radius 1 is 1.25 bits per heavy atom. The monoisotopic (exact) mass is 401 g/mol. The summed E-state index contributed by atoms with van der Waals surface area (Å²) in [6, 6.07) is 0. The smallest absolute Gasteiger partial charge is 0.234 e. The lowest BCUT2D eigenvalue weighted by molar-refractivity contribution is -0.122. The number of hydrogen-bond donors (Lipinski definition) is 1. The molecule has 1 amide bonds. The Morgan fingerprint density at radius 2 is 2.04 bits per heavy atom. The molecule has 1 unspecified atom stereocenters. The topological polar surface area (TPSA) is 61.4 Å². The third-order valence-electron chi connectivity index (χ3n) is 5.86. The van der Waals surface area contributed by atoms with Gasteiger partial charge in [-0.1, -0.05) is 13.8 Å². The van der Waals surface area contributed by atoms with Gasteiger partial charge in [-0.2, -0.15) is 0 Å². The van der Waals surface area contributed by atoms with Crippen molar-refractivity contribution < 1.29 is 4.79 Å². The van der Waals surface area contributed by atoms with Crippen molar-refractivity contribution in [2.24, 2.45) is 5.92 Å². The van der Waals surface area contributed by atoms with Gasteiger partial charge in [0, 0.05) is 37.6 Å². The maximum absolute atomic E-state index is 12.0. The molecule has 28 heavy (non-hydrogen) atoms. The largest absolute Gasteiger partial charge is 0.355 e. The molecule has 1 N–H and O–H groups in total. The Bertz CT molecular complexity index is 856. The van der Waals surface area contributed by atoms with Crippen LogP contribution >= 0.6 is 11.3 Å². The Kier molecular flexibility index (Phi) is 5.83. The van der Waals surface area contributed by atoms with Crippen LogP contribution in [0.15, 0.2) is 0 Å². The van der Waals surface area contributed by atoms with E-state index in [-0.39, 0.29) is 5.91 Å². The third kappa shape index (κ3) is 4.01. The lowest BCUT2D eigenvalue weighted by Gasteiger charge is -2.35. The van der Waals surface area contributed by atoms with E-state index in [0.717, 1.165) is 68.0 Å². The molecule has 4 rings (SSSR count). The van der Waals surface area contributed by atoms with Crippen molar-refractivity contribution in [3.63, 3.8) is 0 Å². The summed E-state index contributed by atoms with van der Waals surface area (Å²) in [6.45, 7) is 11.3. The number of amides is 1. The maximum atomic E-state index is 12.0. The number of aryl methyl sites for hydroxylation is 2. The number of fused-ring (bicyclic) bond motifs is 3. The number of aromatic nitrogens is 2. The number of carbonyl (C=O) groups excluding carboxylic acids is 1. The molecule has 6 nitrogen and oxygen atoms in total. The summed E-state index contributed by atoms with van der Waals surface area (Å²) in [5.74, 6) is 2.87. The van der Waals surface area contributed by atoms with Crippen LogP contribution in [0.3, 0.4) is 0 Å². The number of rotatable bonds is 5. The molecule has 2 aromatic rings. The second-order valence-corrected chi connectivity index (χ2v) is 9.32. The molecule has 1 atom stereocenters. The summed E-state index contributed by atoms with van der Waals surface area (Å²) in [5.41, 5.74) is 1.49. The second-order valence-electron chi connectivity index (χ2n) is 8.24. The average molecular weight is 402 g/mol. The molecule has 0 bridgehead atoms. The molecule has 7 heteroatoms. The fourth-order valence-corrected chi connectivity index (χ4v) is 5.72. The summed E-state index contributed by atoms with van der Waals surface area (Å²) in [5, 5.41) is 4.27. The number of nitrogens with one attached hydrogen (secondary N) is 1. The molecular weight excluding hydrogens is 370 g/mol. The van der Waals surface area contributed by atoms with Crippen LogP contribution in [0.25, 0.3) is 10.2 Å². The Hall–Kier alpha value is -1.73. The summed E-state index contributed by atoms with van der Waals surface area (Å²) in [7, 11) is 0. The highest BCUT2D eigenvalue weighted by Crippen LogP contribution is 2.41. The number of anilines is 1. The van der Waals surface area contributed by atoms with E-state index in [0.29, 0.717) is 6.54 Å². The van der Waals surface area contributed by atoms with Gasteiger partial charge in [-0.05, 0) is 44.1 Å². The minimum Gasteiger partial charge on any atom is -0.355 e. The summed E-state index contributed by atoms with van der Waals surface area (Å²) in [4.78, 5) is 29.0. The molecule has 1 saturated heterocycles. The van der Waals surface area contributed by atoms with Gasteiger partial charge in [0.1, 0.15) is 16.5 Å². The van der Waals surface area contributed by atoms with Crippen LogP contribution in [0.2, 0.25) is 0 Å². The van der Waals surface area contributed by atoms with Gasteiger partial charge in [0.15, 0.2) is 0 Å². The van der Waals surface area contributed by atoms with E-state index >= 15 is 0 Å². The molecule has 1 fully saturated rings. The molecule has 3 heterocycles. The lowest BCUT2D eigenvalue weighted by atomic mass is 9.89. The van der Waals surface area contributed by atoms with Gasteiger partial charge in [0.05, 0.1) is 11.9 Å². The van der Waals surface area contributed by atoms with E-state index in [1.807, 2.05) is 18.3 Å². The second kappa shape index (κ2) is 8.33. The Balaban J connectivity index is 1.51. The van der Waals surface area contributed by atoms with E-state index in [9.17, 15) is 4.79 Å². The minimum absolute atomic E-state index is 0.136. The van der Waals surface area contributed by atoms with Crippen molar-refractivity contribution in [2.45, 2.75) is 46.5 Å². The average Bonchev–Trinajstić information content (AvgIpc) is 3.03. The number of hydrogen-bond acceptors (Lipinski definition) is 6. The first-order valence-corrected chi connectivity index (χ1v) is 11.4. The zero-order chi connectivity index (χ0) is 19.7. The molecular formula is C21H31N5OS. The number of piperazine rings is 1. The summed E-state index contributed by atoms with van der Waals surface area (Å²) < 4.78 is 0. The fraction of sp³-hybridized carbons (Fsp3) is 0.667. The standard InChI is InChI=1S/C21H31N5OS/c1-4-7-22-18(27)13-25-8-10-26(11-9-25)20-19-16-6-5-14(2)12-17(16)28-21(19)24-15(3)23-20/h14H,4-13H2,1-3H3,(H,22,27). The van der Waals surface area contributed by atoms with E-state index in [1.54, 1.807) is 0 Å². The first-order valence-electron chi connectivity index (χ1n) is 10.6. The van der Waals surface area contributed by atoms with Gasteiger partial charge in [-0.15, -0.1) is 11.3 Å². The van der Waals surface area contributed by atoms with Crippen LogP contribution in [0.1, 0.15) is 43.0 Å². The maximum Gasteiger partial charge on any atom is 0.234 e. The molecule has 0 spiro atoms. The van der Waals surface area contributed by atoms with Crippen molar-refractivity contribution in [3.05, 3.63) is 16.3 Å². The third-order valence-corrected chi connectivity index (χ3v) is 7.01. The number of nitrogens with zero attached hydrogens (tertiary/aromatic N) is 4. The quantitative estimate of drug-likeness (QED) is 0.835. The van der Waals surface area contributed by atoms with Crippen LogP contribution in [0.5, 0.6) is 0 Å². The van der Waals surface area contributed by atoms with Gasteiger partial charge in [-0.3, -0.25) is 9.69 Å². The van der Waals surface area contributed by atoms with Crippen LogP contribution in [0.4, 0.5) is 5.82 Å². The molecule has 2 aromatic heterocycles. The van der Waals surface area contributed by atoms with Gasteiger partial charge in [0.2, 0.25) is 5.91 Å². The Morgan fingerprint density at radius 3 is 2.79 bits per heavy atom. The van der Waals surface area contributed by atoms with Gasteiger partial charge < -0.3 is 10.2 Å². The van der Waals surface area contributed by atoms with Crippen LogP contribution < -0.4 is 10.2 Å². The molecule has 1 aliphatic carbocycles. The van der Waals surface area contributed by atoms with Crippen molar-refractivity contribution in [1.29, 1.82) is 0 Å². The van der Waals surface area contributed by atoms with E-state index in [4.69, 9.17) is 9.97 Å². The SMILES string of the molecule is CCCNC(=O)CN1CCN(c2nc(C)nc3sc4c(c23)CCC(C)C4)CC1. The van der Waals surface area contributed by atoms with E-state index in [1.165, 1.54) is 28.7 Å². The molecule has 0 radical (unpaired) electrons. The fourth-order valence-electron chi connectivity index (χ4n) is 4.30. The molecule has 1 aliphatic heterocycles. The number of carbonyl (C=O) groups is 1. The zero-order valence-electron chi connectivity index (χ0n) is 17.3. The molecule has 0 aromatic carbocycles. The predicted octanol–water partition coefficient (Wildman–Crippen LogP) is 2.77. The highest BCUT2D eigenvalue weighted by atomic mass is 32.1. The summed E-state index contributed by atoms with van der Waals surface area (Å²) in [6.07, 6.45) is 4.56. The molecule has 0 saturated carbocycles. The minimum atomic E-state index is 0.136. The van der Waals surface area contributed by atoms with Crippen molar-refractivity contribution in [1.82, 2.24) is 20.2 Å². The van der Waals surface area contributed by atoms with E-state index in [2.05, 4.69) is 29.0 Å². The Labute approximate surface area is 171 Å². The first-order chi connectivity index (χ1) is 13.5. The van der Waals surface area contributed by atoms with Gasteiger partial charge >= 0.3 is 0 Å². The first kappa shape index (κ1) is 19.6. The predicted molar refractivity (Wildman–Crippen MR) is 115 cm³/mol. The normalized spacial score (nSPS) is 20.4. The van der Waals surface area contributed by atoms with Crippen molar-refractivity contribution in [2.75, 3.05) is 44.2 Å². The summed E-state index contributed by atoms with van der Waals surface area (Å²) >= 11 is 1.87. The lowest BCUT2D eigenvalue weighted by Crippen LogP contribution is -2.49. The van der Waals surface area contributed by atoms with Gasteiger partial charge in [-0.25, -0.2) is 9.97 Å². The van der Waals surface area contributed by atoms with Crippen LogP contribution in [-0.4, -0.2) is 60.0 Å². The van der Waals surface area contributed by atoms with Crippen molar-refractivity contribution in [3.8, 4) is 0 Å². The van der Waals surface area contributed by atoms with Crippen LogP contribution in [-0.2, 0) is 17.6 Å². The highest BCUT2D eigenvalue weighted by molar-refractivity contribution is 7.19.